The summed E-state index contributed by atoms with van der Waals surface area (Å²) in [5.41, 5.74) is 1.89. The molecule has 0 aliphatic heterocycles. The molecule has 0 fully saturated rings. The van der Waals surface area contributed by atoms with Gasteiger partial charge in [0.1, 0.15) is 5.75 Å². The van der Waals surface area contributed by atoms with E-state index in [1.807, 2.05) is 18.2 Å². The van der Waals surface area contributed by atoms with Gasteiger partial charge in [-0.05, 0) is 35.7 Å². The molecule has 2 aromatic carbocycles. The molecule has 1 amide bonds. The quantitative estimate of drug-likeness (QED) is 0.728. The van der Waals surface area contributed by atoms with Crippen molar-refractivity contribution >= 4 is 17.6 Å². The third kappa shape index (κ3) is 7.08. The van der Waals surface area contributed by atoms with Crippen LogP contribution in [0.4, 0.5) is 5.69 Å². The van der Waals surface area contributed by atoms with Crippen LogP contribution in [0.1, 0.15) is 25.3 Å². The lowest BCUT2D eigenvalue weighted by molar-refractivity contribution is -0.138. The first-order valence-electron chi connectivity index (χ1n) is 8.31. The fraction of sp³-hybridized carbons (Fsp3) is 0.300. The maximum absolute atomic E-state index is 11.9. The van der Waals surface area contributed by atoms with Gasteiger partial charge in [0.05, 0.1) is 6.61 Å². The van der Waals surface area contributed by atoms with Gasteiger partial charge in [-0.15, -0.1) is 0 Å². The Morgan fingerprint density at radius 3 is 2.36 bits per heavy atom. The number of benzene rings is 2. The largest absolute Gasteiger partial charge is 0.493 e. The first-order chi connectivity index (χ1) is 12.0. The summed E-state index contributed by atoms with van der Waals surface area (Å²) in [6, 6.07) is 17.3. The molecule has 0 heterocycles. The third-order valence-electron chi connectivity index (χ3n) is 3.70. The van der Waals surface area contributed by atoms with Gasteiger partial charge in [0, 0.05) is 24.9 Å². The van der Waals surface area contributed by atoms with Crippen molar-refractivity contribution in [3.63, 3.8) is 0 Å². The molecule has 2 rings (SSSR count). The molecule has 2 N–H and O–H groups in total. The number of aliphatic carboxylic acids is 1. The van der Waals surface area contributed by atoms with E-state index in [1.54, 1.807) is 31.2 Å². The number of ether oxygens (including phenoxy) is 1. The topological polar surface area (TPSA) is 75.6 Å². The zero-order valence-electron chi connectivity index (χ0n) is 14.3. The van der Waals surface area contributed by atoms with Crippen molar-refractivity contribution in [2.75, 3.05) is 11.9 Å². The third-order valence-corrected chi connectivity index (χ3v) is 3.70. The summed E-state index contributed by atoms with van der Waals surface area (Å²) in [6.07, 6.45) is 1.00. The number of carbonyl (C=O) groups excluding carboxylic acids is 1. The van der Waals surface area contributed by atoms with E-state index in [9.17, 15) is 9.59 Å². The summed E-state index contributed by atoms with van der Waals surface area (Å²) in [6.45, 7) is 2.33. The van der Waals surface area contributed by atoms with E-state index in [0.29, 0.717) is 12.3 Å². The van der Waals surface area contributed by atoms with Crippen LogP contribution in [0.5, 0.6) is 5.75 Å². The zero-order chi connectivity index (χ0) is 18.1. The molecule has 0 radical (unpaired) electrons. The lowest BCUT2D eigenvalue weighted by Gasteiger charge is -2.10. The highest BCUT2D eigenvalue weighted by atomic mass is 16.5. The zero-order valence-corrected chi connectivity index (χ0v) is 14.3. The predicted molar refractivity (Wildman–Crippen MR) is 96.7 cm³/mol. The Labute approximate surface area is 147 Å². The molecule has 0 aliphatic carbocycles. The number of nitrogens with one attached hydrogen (secondary N) is 1. The highest BCUT2D eigenvalue weighted by molar-refractivity contribution is 5.91. The van der Waals surface area contributed by atoms with Gasteiger partial charge in [0.15, 0.2) is 0 Å². The second-order valence-corrected chi connectivity index (χ2v) is 6.06. The smallest absolute Gasteiger partial charge is 0.303 e. The van der Waals surface area contributed by atoms with Crippen molar-refractivity contribution in [2.24, 2.45) is 5.92 Å². The highest BCUT2D eigenvalue weighted by Crippen LogP contribution is 2.17. The number of carbonyl (C=O) groups is 2. The van der Waals surface area contributed by atoms with Gasteiger partial charge in [-0.1, -0.05) is 37.3 Å². The number of hydrogen-bond acceptors (Lipinski definition) is 3. The summed E-state index contributed by atoms with van der Waals surface area (Å²) in [5, 5.41) is 11.5. The summed E-state index contributed by atoms with van der Waals surface area (Å²) >= 11 is 0. The molecule has 0 bridgehead atoms. The number of carboxylic acids is 1. The normalized spacial score (nSPS) is 11.6. The molecule has 0 aliphatic rings. The first kappa shape index (κ1) is 18.5. The predicted octanol–water partition coefficient (Wildman–Crippen LogP) is 3.75. The van der Waals surface area contributed by atoms with E-state index in [4.69, 9.17) is 9.84 Å². The van der Waals surface area contributed by atoms with Crippen molar-refractivity contribution in [2.45, 2.75) is 26.2 Å². The fourth-order valence-electron chi connectivity index (χ4n) is 2.46. The van der Waals surface area contributed by atoms with Gasteiger partial charge in [0.25, 0.3) is 0 Å². The summed E-state index contributed by atoms with van der Waals surface area (Å²) in [4.78, 5) is 22.5. The van der Waals surface area contributed by atoms with Gasteiger partial charge in [-0.25, -0.2) is 0 Å². The van der Waals surface area contributed by atoms with Crippen LogP contribution in [0.15, 0.2) is 54.6 Å². The fourth-order valence-corrected chi connectivity index (χ4v) is 2.46. The van der Waals surface area contributed by atoms with Crippen molar-refractivity contribution in [3.8, 4) is 5.75 Å². The summed E-state index contributed by atoms with van der Waals surface area (Å²) in [7, 11) is 0. The minimum atomic E-state index is -0.891. The van der Waals surface area contributed by atoms with E-state index in [0.717, 1.165) is 12.2 Å². The van der Waals surface area contributed by atoms with Crippen LogP contribution in [-0.4, -0.2) is 23.6 Å². The Kier molecular flexibility index (Phi) is 7.01. The number of rotatable bonds is 9. The van der Waals surface area contributed by atoms with Crippen LogP contribution in [0.3, 0.4) is 0 Å². The van der Waals surface area contributed by atoms with E-state index >= 15 is 0 Å². The highest BCUT2D eigenvalue weighted by Gasteiger charge is 2.12. The first-order valence-corrected chi connectivity index (χ1v) is 8.31. The van der Waals surface area contributed by atoms with Crippen LogP contribution >= 0.6 is 0 Å². The van der Waals surface area contributed by atoms with E-state index in [2.05, 4.69) is 17.4 Å². The van der Waals surface area contributed by atoms with E-state index in [-0.39, 0.29) is 24.7 Å². The Morgan fingerprint density at radius 1 is 1.04 bits per heavy atom. The summed E-state index contributed by atoms with van der Waals surface area (Å²) in [5.74, 6) is -0.532. The van der Waals surface area contributed by atoms with Crippen LogP contribution in [0.25, 0.3) is 0 Å². The standard InChI is InChI=1S/C20H23NO4/c1-15(14-20(23)24)13-19(22)21-17-7-9-18(10-8-17)25-12-11-16-5-3-2-4-6-16/h2-10,15H,11-14H2,1H3,(H,21,22)(H,23,24). The minimum Gasteiger partial charge on any atom is -0.493 e. The maximum Gasteiger partial charge on any atom is 0.303 e. The molecule has 25 heavy (non-hydrogen) atoms. The minimum absolute atomic E-state index is 0.0123. The van der Waals surface area contributed by atoms with E-state index < -0.39 is 5.97 Å². The average molecular weight is 341 g/mol. The molecule has 1 atom stereocenters. The lowest BCUT2D eigenvalue weighted by Crippen LogP contribution is -2.16. The van der Waals surface area contributed by atoms with Gasteiger partial charge < -0.3 is 15.2 Å². The van der Waals surface area contributed by atoms with Gasteiger partial charge >= 0.3 is 5.97 Å². The molecule has 0 spiro atoms. The molecule has 5 nitrogen and oxygen atoms in total. The van der Waals surface area contributed by atoms with Crippen molar-refractivity contribution in [1.29, 1.82) is 0 Å². The molecular weight excluding hydrogens is 318 g/mol. The molecule has 0 saturated carbocycles. The number of amides is 1. The molecule has 1 unspecified atom stereocenters. The Bertz CT molecular complexity index is 683. The Morgan fingerprint density at radius 2 is 1.72 bits per heavy atom. The van der Waals surface area contributed by atoms with Crippen LogP contribution in [-0.2, 0) is 16.0 Å². The van der Waals surface area contributed by atoms with Gasteiger partial charge in [-0.3, -0.25) is 9.59 Å². The van der Waals surface area contributed by atoms with Crippen LogP contribution in [0, 0.1) is 5.92 Å². The number of hydrogen-bond donors (Lipinski definition) is 2. The molecular formula is C20H23NO4. The van der Waals surface area contributed by atoms with Crippen molar-refractivity contribution in [3.05, 3.63) is 60.2 Å². The van der Waals surface area contributed by atoms with Crippen molar-refractivity contribution < 1.29 is 19.4 Å². The lowest BCUT2D eigenvalue weighted by atomic mass is 10.0. The average Bonchev–Trinajstić information content (AvgIpc) is 2.56. The monoisotopic (exact) mass is 341 g/mol. The Hall–Kier alpha value is -2.82. The molecule has 5 heteroatoms. The van der Waals surface area contributed by atoms with Crippen LogP contribution < -0.4 is 10.1 Å². The molecule has 0 aromatic heterocycles. The molecule has 0 saturated heterocycles. The van der Waals surface area contributed by atoms with E-state index in [1.165, 1.54) is 5.56 Å². The van der Waals surface area contributed by atoms with Gasteiger partial charge in [0.2, 0.25) is 5.91 Å². The van der Waals surface area contributed by atoms with Gasteiger partial charge in [-0.2, -0.15) is 0 Å². The second-order valence-electron chi connectivity index (χ2n) is 6.06. The maximum atomic E-state index is 11.9. The van der Waals surface area contributed by atoms with Crippen molar-refractivity contribution in [1.82, 2.24) is 0 Å². The summed E-state index contributed by atoms with van der Waals surface area (Å²) < 4.78 is 5.70. The Balaban J connectivity index is 1.75. The van der Waals surface area contributed by atoms with Crippen LogP contribution in [0.2, 0.25) is 0 Å². The molecule has 2 aromatic rings. The molecule has 132 valence electrons. The number of anilines is 1. The second kappa shape index (κ2) is 9.47. The SMILES string of the molecule is CC(CC(=O)O)CC(=O)Nc1ccc(OCCc2ccccc2)cc1. The number of carboxylic acid groups (broad SMARTS) is 1.